The van der Waals surface area contributed by atoms with E-state index in [9.17, 15) is 9.59 Å². The Morgan fingerprint density at radius 3 is 2.39 bits per heavy atom. The highest BCUT2D eigenvalue weighted by molar-refractivity contribution is 5.86. The standard InChI is InChI=1S/C34H49N7O3/c1-7-29-34(44-31(8-2)25(4)14-17-39(6)32(43)9-3)37-33(30(24-42)36-29)35-26-10-12-27(13-11-26)40-18-15-28(16-19-40)41-22-20-38(5)21-23-41/h9-13,24,28,31H,3-4,7-8,14-23H2,1-2,5-6H3,(H,35,37)/t31-/m0/s1. The van der Waals surface area contributed by atoms with E-state index in [2.05, 4.69) is 57.3 Å². The van der Waals surface area contributed by atoms with Crippen molar-refractivity contribution in [2.75, 3.05) is 70.1 Å². The van der Waals surface area contributed by atoms with Crippen LogP contribution >= 0.6 is 0 Å². The van der Waals surface area contributed by atoms with E-state index in [1.807, 2.05) is 26.0 Å². The van der Waals surface area contributed by atoms with Gasteiger partial charge in [-0.25, -0.2) is 4.98 Å². The van der Waals surface area contributed by atoms with Crippen molar-refractivity contribution in [2.45, 2.75) is 58.1 Å². The Morgan fingerprint density at radius 2 is 1.80 bits per heavy atom. The van der Waals surface area contributed by atoms with E-state index in [-0.39, 0.29) is 17.7 Å². The number of aromatic nitrogens is 2. The Hall–Kier alpha value is -3.76. The summed E-state index contributed by atoms with van der Waals surface area (Å²) in [6, 6.07) is 8.95. The van der Waals surface area contributed by atoms with Crippen LogP contribution in [0.5, 0.6) is 5.88 Å². The highest BCUT2D eigenvalue weighted by Gasteiger charge is 2.27. The maximum atomic E-state index is 12.0. The Labute approximate surface area is 262 Å². The zero-order chi connectivity index (χ0) is 31.6. The lowest BCUT2D eigenvalue weighted by Crippen LogP contribution is -2.52. The molecule has 1 N–H and O–H groups in total. The van der Waals surface area contributed by atoms with Gasteiger partial charge in [0.25, 0.3) is 0 Å². The lowest BCUT2D eigenvalue weighted by Gasteiger charge is -2.42. The highest BCUT2D eigenvalue weighted by Crippen LogP contribution is 2.28. The molecule has 2 aliphatic heterocycles. The number of aryl methyl sites for hydroxylation is 1. The third-order valence-corrected chi connectivity index (χ3v) is 8.82. The first-order valence-electron chi connectivity index (χ1n) is 15.9. The summed E-state index contributed by atoms with van der Waals surface area (Å²) in [5, 5.41) is 3.29. The quantitative estimate of drug-likeness (QED) is 0.190. The molecule has 0 bridgehead atoms. The first-order chi connectivity index (χ1) is 21.3. The Bertz CT molecular complexity index is 1280. The molecule has 10 heteroatoms. The summed E-state index contributed by atoms with van der Waals surface area (Å²) in [6.45, 7) is 19.0. The van der Waals surface area contributed by atoms with Crippen LogP contribution < -0.4 is 15.0 Å². The fraction of sp³-hybridized carbons (Fsp3) is 0.529. The summed E-state index contributed by atoms with van der Waals surface area (Å²) < 4.78 is 6.34. The molecular formula is C34H49N7O3. The smallest absolute Gasteiger partial charge is 0.245 e. The molecule has 3 heterocycles. The van der Waals surface area contributed by atoms with Crippen LogP contribution in [0.1, 0.15) is 55.7 Å². The third kappa shape index (κ3) is 8.45. The fourth-order valence-corrected chi connectivity index (χ4v) is 5.87. The van der Waals surface area contributed by atoms with Crippen LogP contribution in [0, 0.1) is 0 Å². The number of hydrogen-bond donors (Lipinski definition) is 1. The summed E-state index contributed by atoms with van der Waals surface area (Å²) in [7, 11) is 3.94. The van der Waals surface area contributed by atoms with Crippen LogP contribution in [-0.4, -0.2) is 109 Å². The van der Waals surface area contributed by atoms with Crippen LogP contribution in [-0.2, 0) is 11.2 Å². The second-order valence-corrected chi connectivity index (χ2v) is 11.8. The highest BCUT2D eigenvalue weighted by atomic mass is 16.5. The first kappa shape index (κ1) is 33.1. The molecule has 0 spiro atoms. The van der Waals surface area contributed by atoms with Gasteiger partial charge in [-0.3, -0.25) is 14.5 Å². The van der Waals surface area contributed by atoms with E-state index < -0.39 is 0 Å². The Balaban J connectivity index is 1.40. The van der Waals surface area contributed by atoms with Gasteiger partial charge in [-0.15, -0.1) is 0 Å². The second kappa shape index (κ2) is 15.8. The number of piperazine rings is 1. The summed E-state index contributed by atoms with van der Waals surface area (Å²) in [4.78, 5) is 42.3. The lowest BCUT2D eigenvalue weighted by molar-refractivity contribution is -0.124. The molecule has 238 valence electrons. The lowest BCUT2D eigenvalue weighted by atomic mass is 10.0. The molecule has 2 fully saturated rings. The van der Waals surface area contributed by atoms with Crippen LogP contribution in [0.4, 0.5) is 17.2 Å². The SMILES string of the molecule is C=CC(=O)N(C)CCC(=C)[C@H](CC)Oc1nc(Nc2ccc(N3CCC(N4CCN(C)CC4)CC3)cc2)c(C=O)nc1CC. The summed E-state index contributed by atoms with van der Waals surface area (Å²) in [5.74, 6) is 0.596. The van der Waals surface area contributed by atoms with Crippen molar-refractivity contribution in [1.82, 2.24) is 24.7 Å². The number of anilines is 3. The predicted molar refractivity (Wildman–Crippen MR) is 177 cm³/mol. The summed E-state index contributed by atoms with van der Waals surface area (Å²) >= 11 is 0. The van der Waals surface area contributed by atoms with Gasteiger partial charge >= 0.3 is 0 Å². The minimum absolute atomic E-state index is 0.134. The number of rotatable bonds is 14. The molecule has 0 radical (unpaired) electrons. The van der Waals surface area contributed by atoms with Crippen molar-refractivity contribution in [3.63, 3.8) is 0 Å². The van der Waals surface area contributed by atoms with Crippen LogP contribution in [0.25, 0.3) is 0 Å². The van der Waals surface area contributed by atoms with Gasteiger partial charge in [-0.1, -0.05) is 27.0 Å². The number of carbonyl (C=O) groups excluding carboxylic acids is 2. The third-order valence-electron chi connectivity index (χ3n) is 8.82. The number of hydrogen-bond acceptors (Lipinski definition) is 9. The summed E-state index contributed by atoms with van der Waals surface area (Å²) in [6.07, 6.45) is 5.90. The fourth-order valence-electron chi connectivity index (χ4n) is 5.87. The number of nitrogens with one attached hydrogen (secondary N) is 1. The molecule has 1 atom stereocenters. The molecule has 2 aliphatic rings. The zero-order valence-corrected chi connectivity index (χ0v) is 26.9. The van der Waals surface area contributed by atoms with E-state index in [1.165, 1.54) is 37.7 Å². The second-order valence-electron chi connectivity index (χ2n) is 11.8. The van der Waals surface area contributed by atoms with E-state index in [0.717, 1.165) is 43.7 Å². The molecule has 0 saturated carbocycles. The van der Waals surface area contributed by atoms with Crippen molar-refractivity contribution >= 4 is 29.4 Å². The van der Waals surface area contributed by atoms with E-state index in [0.29, 0.717) is 49.2 Å². The van der Waals surface area contributed by atoms with Gasteiger partial charge in [0.1, 0.15) is 17.5 Å². The van der Waals surface area contributed by atoms with Crippen molar-refractivity contribution in [3.05, 3.63) is 60.5 Å². The monoisotopic (exact) mass is 603 g/mol. The molecular weight excluding hydrogens is 554 g/mol. The Kier molecular flexibility index (Phi) is 11.9. The van der Waals surface area contributed by atoms with Crippen molar-refractivity contribution in [1.29, 1.82) is 0 Å². The van der Waals surface area contributed by atoms with E-state index in [4.69, 9.17) is 9.72 Å². The normalized spacial score (nSPS) is 17.1. The van der Waals surface area contributed by atoms with Crippen molar-refractivity contribution in [3.8, 4) is 5.88 Å². The predicted octanol–water partition coefficient (Wildman–Crippen LogP) is 4.56. The number of benzene rings is 1. The average molecular weight is 604 g/mol. The topological polar surface area (TPSA) is 94.1 Å². The molecule has 1 aromatic heterocycles. The van der Waals surface area contributed by atoms with Crippen LogP contribution in [0.15, 0.2) is 49.1 Å². The van der Waals surface area contributed by atoms with Gasteiger partial charge in [-0.2, -0.15) is 4.98 Å². The number of ether oxygens (including phenoxy) is 1. The van der Waals surface area contributed by atoms with Gasteiger partial charge < -0.3 is 24.8 Å². The molecule has 10 nitrogen and oxygen atoms in total. The van der Waals surface area contributed by atoms with Gasteiger partial charge in [-0.05, 0) is 75.1 Å². The zero-order valence-electron chi connectivity index (χ0n) is 26.9. The van der Waals surface area contributed by atoms with Gasteiger partial charge in [0.15, 0.2) is 12.1 Å². The van der Waals surface area contributed by atoms with Gasteiger partial charge in [0.05, 0.1) is 0 Å². The van der Waals surface area contributed by atoms with Gasteiger partial charge in [0, 0.05) is 70.3 Å². The molecule has 0 unspecified atom stereocenters. The number of carbonyl (C=O) groups is 2. The number of piperidine rings is 1. The molecule has 44 heavy (non-hydrogen) atoms. The van der Waals surface area contributed by atoms with Crippen molar-refractivity contribution in [2.24, 2.45) is 0 Å². The average Bonchev–Trinajstić information content (AvgIpc) is 3.06. The maximum Gasteiger partial charge on any atom is 0.245 e. The number of nitrogens with zero attached hydrogens (tertiary/aromatic N) is 6. The number of amides is 1. The van der Waals surface area contributed by atoms with Crippen molar-refractivity contribution < 1.29 is 14.3 Å². The van der Waals surface area contributed by atoms with E-state index in [1.54, 1.807) is 11.9 Å². The molecule has 1 aromatic carbocycles. The number of aldehydes is 1. The minimum Gasteiger partial charge on any atom is -0.468 e. The molecule has 2 saturated heterocycles. The largest absolute Gasteiger partial charge is 0.468 e. The maximum absolute atomic E-state index is 12.0. The van der Waals surface area contributed by atoms with Gasteiger partial charge in [0.2, 0.25) is 11.8 Å². The van der Waals surface area contributed by atoms with E-state index >= 15 is 0 Å². The minimum atomic E-state index is -0.309. The molecule has 1 amide bonds. The molecule has 4 rings (SSSR count). The van der Waals surface area contributed by atoms with Crippen LogP contribution in [0.3, 0.4) is 0 Å². The molecule has 2 aromatic rings. The van der Waals surface area contributed by atoms with Crippen LogP contribution in [0.2, 0.25) is 0 Å². The first-order valence-corrected chi connectivity index (χ1v) is 15.9. The Morgan fingerprint density at radius 1 is 1.11 bits per heavy atom. The number of likely N-dealkylation sites (N-methyl/N-ethyl adjacent to an activating group) is 2. The molecule has 0 aliphatic carbocycles. The summed E-state index contributed by atoms with van der Waals surface area (Å²) in [5.41, 5.74) is 3.72.